The van der Waals surface area contributed by atoms with E-state index in [2.05, 4.69) is 4.90 Å². The van der Waals surface area contributed by atoms with Crippen molar-refractivity contribution in [3.8, 4) is 17.2 Å². The Morgan fingerprint density at radius 2 is 1.90 bits per heavy atom. The first-order chi connectivity index (χ1) is 20.2. The quantitative estimate of drug-likeness (QED) is 0.338. The minimum absolute atomic E-state index is 0.00295. The molecule has 0 unspecified atom stereocenters. The van der Waals surface area contributed by atoms with Gasteiger partial charge in [0.1, 0.15) is 5.76 Å². The van der Waals surface area contributed by atoms with E-state index >= 15 is 0 Å². The van der Waals surface area contributed by atoms with E-state index in [0.717, 1.165) is 12.1 Å². The molecule has 3 atom stereocenters. The summed E-state index contributed by atoms with van der Waals surface area (Å²) in [4.78, 5) is 51.3. The maximum absolute atomic E-state index is 13.0. The predicted octanol–water partition coefficient (Wildman–Crippen LogP) is 1.69. The molecule has 4 heterocycles. The number of nitrogens with zero attached hydrogens (tertiary/aromatic N) is 2. The van der Waals surface area contributed by atoms with E-state index in [1.54, 1.807) is 24.3 Å². The van der Waals surface area contributed by atoms with Crippen molar-refractivity contribution in [3.63, 3.8) is 0 Å². The van der Waals surface area contributed by atoms with Crippen LogP contribution in [0.3, 0.4) is 0 Å². The van der Waals surface area contributed by atoms with Crippen LogP contribution >= 0.6 is 0 Å². The number of rotatable bonds is 10. The number of aromatic nitrogens is 1. The number of nitrogens with two attached hydrogens (primary N) is 1. The molecule has 1 fully saturated rings. The molecular weight excluding hydrogens is 546 g/mol. The number of methoxy groups -OCH3 is 2. The third-order valence-corrected chi connectivity index (χ3v) is 7.81. The highest BCUT2D eigenvalue weighted by atomic mass is 16.5. The van der Waals surface area contributed by atoms with Gasteiger partial charge in [0.2, 0.25) is 11.2 Å². The number of likely N-dealkylation sites (tertiary alicyclic amines) is 1. The van der Waals surface area contributed by atoms with Gasteiger partial charge in [-0.05, 0) is 36.1 Å². The van der Waals surface area contributed by atoms with Crippen LogP contribution < -0.4 is 26.2 Å². The number of hydrogen-bond donors (Lipinski definition) is 2. The first kappa shape index (κ1) is 28.9. The number of piperidine rings is 1. The van der Waals surface area contributed by atoms with E-state index in [9.17, 15) is 24.3 Å². The van der Waals surface area contributed by atoms with E-state index in [4.69, 9.17) is 24.4 Å². The summed E-state index contributed by atoms with van der Waals surface area (Å²) in [5.74, 6) is -1.67. The van der Waals surface area contributed by atoms with Crippen LogP contribution in [0.25, 0.3) is 0 Å². The number of pyridine rings is 1. The number of primary amides is 1. The predicted molar refractivity (Wildman–Crippen MR) is 150 cm³/mol. The lowest BCUT2D eigenvalue weighted by atomic mass is 9.83. The molecule has 0 spiro atoms. The van der Waals surface area contributed by atoms with Gasteiger partial charge in [-0.2, -0.15) is 0 Å². The Morgan fingerprint density at radius 3 is 2.64 bits per heavy atom. The highest BCUT2D eigenvalue weighted by molar-refractivity contribution is 5.75. The lowest BCUT2D eigenvalue weighted by Gasteiger charge is -2.42. The van der Waals surface area contributed by atoms with Crippen molar-refractivity contribution in [1.29, 1.82) is 0 Å². The fraction of sp³-hybridized carbons (Fsp3) is 0.400. The van der Waals surface area contributed by atoms with Gasteiger partial charge in [0.25, 0.3) is 11.5 Å². The summed E-state index contributed by atoms with van der Waals surface area (Å²) >= 11 is 0. The Bertz CT molecular complexity index is 1610. The largest absolute Gasteiger partial charge is 0.502 e. The normalized spacial score (nSPS) is 18.5. The van der Waals surface area contributed by atoms with Crippen molar-refractivity contribution in [2.45, 2.75) is 37.8 Å². The minimum atomic E-state index is -0.925. The third kappa shape index (κ3) is 6.03. The molecule has 2 aromatic heterocycles. The second-order valence-electron chi connectivity index (χ2n) is 10.7. The van der Waals surface area contributed by atoms with Crippen molar-refractivity contribution in [2.24, 2.45) is 11.7 Å². The number of ether oxygens (including phenoxy) is 3. The molecule has 0 aliphatic carbocycles. The van der Waals surface area contributed by atoms with Crippen LogP contribution in [0.5, 0.6) is 17.2 Å². The topological polar surface area (TPSA) is 164 Å². The highest BCUT2D eigenvalue weighted by Crippen LogP contribution is 2.39. The van der Waals surface area contributed by atoms with Crippen LogP contribution in [-0.2, 0) is 27.4 Å². The number of benzene rings is 1. The van der Waals surface area contributed by atoms with Gasteiger partial charge in [0.15, 0.2) is 23.9 Å². The van der Waals surface area contributed by atoms with E-state index < -0.39 is 35.6 Å². The average Bonchev–Trinajstić information content (AvgIpc) is 2.97. The van der Waals surface area contributed by atoms with E-state index in [0.29, 0.717) is 43.3 Å². The molecule has 1 aromatic carbocycles. The lowest BCUT2D eigenvalue weighted by Crippen LogP contribution is -2.46. The van der Waals surface area contributed by atoms with E-state index in [-0.39, 0.29) is 35.3 Å². The molecule has 0 saturated carbocycles. The van der Waals surface area contributed by atoms with Gasteiger partial charge >= 0.3 is 5.97 Å². The second kappa shape index (κ2) is 12.1. The van der Waals surface area contributed by atoms with Crippen molar-refractivity contribution < 1.29 is 33.3 Å². The van der Waals surface area contributed by atoms with Gasteiger partial charge in [-0.1, -0.05) is 12.1 Å². The average molecular weight is 580 g/mol. The highest BCUT2D eigenvalue weighted by Gasteiger charge is 2.35. The maximum Gasteiger partial charge on any atom is 0.306 e. The summed E-state index contributed by atoms with van der Waals surface area (Å²) in [5, 5.41) is 10.8. The van der Waals surface area contributed by atoms with E-state index in [1.165, 1.54) is 26.4 Å². The van der Waals surface area contributed by atoms with Crippen LogP contribution in [0.15, 0.2) is 56.5 Å². The Hall–Kier alpha value is -4.58. The first-order valence-corrected chi connectivity index (χ1v) is 13.6. The zero-order chi connectivity index (χ0) is 30.0. The van der Waals surface area contributed by atoms with Crippen LogP contribution in [0.1, 0.15) is 47.5 Å². The fourth-order valence-electron chi connectivity index (χ4n) is 6.00. The second-order valence-corrected chi connectivity index (χ2v) is 10.7. The first-order valence-electron chi connectivity index (χ1n) is 13.6. The van der Waals surface area contributed by atoms with Gasteiger partial charge in [0, 0.05) is 43.4 Å². The molecule has 3 N–H and O–H groups in total. The summed E-state index contributed by atoms with van der Waals surface area (Å²) in [6.07, 6.45) is 0.723. The van der Waals surface area contributed by atoms with Gasteiger partial charge < -0.3 is 34.0 Å². The Kier molecular flexibility index (Phi) is 8.34. The molecule has 1 amide bonds. The zero-order valence-electron chi connectivity index (χ0n) is 23.4. The number of aromatic hydroxyl groups is 1. The van der Waals surface area contributed by atoms with Crippen molar-refractivity contribution in [1.82, 2.24) is 9.47 Å². The van der Waals surface area contributed by atoms with Crippen molar-refractivity contribution in [3.05, 3.63) is 85.8 Å². The molecule has 2 aliphatic heterocycles. The molecule has 2 aliphatic rings. The number of fused-ring (bicyclic) bond motifs is 4. The number of esters is 1. The number of carbonyl (C=O) groups excluding carboxylic acids is 2. The van der Waals surface area contributed by atoms with Gasteiger partial charge in [-0.3, -0.25) is 24.1 Å². The molecule has 5 rings (SSSR count). The summed E-state index contributed by atoms with van der Waals surface area (Å²) in [7, 11) is 2.67. The van der Waals surface area contributed by atoms with E-state index in [1.807, 2.05) is 10.6 Å². The smallest absolute Gasteiger partial charge is 0.306 e. The van der Waals surface area contributed by atoms with Crippen LogP contribution in [-0.4, -0.2) is 60.4 Å². The van der Waals surface area contributed by atoms with Gasteiger partial charge in [-0.25, -0.2) is 0 Å². The monoisotopic (exact) mass is 579 g/mol. The number of carbonyl (C=O) groups is 2. The Labute approximate surface area is 241 Å². The number of hydrogen-bond acceptors (Lipinski definition) is 10. The minimum Gasteiger partial charge on any atom is -0.502 e. The molecule has 222 valence electrons. The summed E-state index contributed by atoms with van der Waals surface area (Å²) in [6, 6.07) is 11.3. The molecule has 42 heavy (non-hydrogen) atoms. The molecule has 1 saturated heterocycles. The fourth-order valence-corrected chi connectivity index (χ4v) is 6.00. The Morgan fingerprint density at radius 1 is 1.10 bits per heavy atom. The SMILES string of the molecule is COC(=O)C[C@@H](c1ccc(OC)c(OCC(N)=O)c1)c1oc(CN2C[C@@H]3C[C@H](C2)c2cccc(=O)n2C3)cc(=O)c1O. The van der Waals surface area contributed by atoms with Crippen LogP contribution in [0.4, 0.5) is 0 Å². The molecular formula is C30H33N3O9. The summed E-state index contributed by atoms with van der Waals surface area (Å²) in [6.45, 7) is 1.90. The molecule has 0 radical (unpaired) electrons. The van der Waals surface area contributed by atoms with Gasteiger partial charge in [0.05, 0.1) is 33.1 Å². The summed E-state index contributed by atoms with van der Waals surface area (Å²) in [5.41, 5.74) is 6.04. The van der Waals surface area contributed by atoms with Crippen molar-refractivity contribution in [2.75, 3.05) is 33.9 Å². The molecule has 12 heteroatoms. The third-order valence-electron chi connectivity index (χ3n) is 7.81. The summed E-state index contributed by atoms with van der Waals surface area (Å²) < 4.78 is 23.7. The lowest BCUT2D eigenvalue weighted by molar-refractivity contribution is -0.141. The molecule has 3 aromatic rings. The molecule has 12 nitrogen and oxygen atoms in total. The Balaban J connectivity index is 1.47. The van der Waals surface area contributed by atoms with Gasteiger partial charge in [-0.15, -0.1) is 0 Å². The standard InChI is InChI=1S/C30H33N3O9/c1-39-24-7-6-18(9-25(24)41-16-26(31)35)21(11-28(37)40-2)30-29(38)23(34)10-20(42-30)15-32-12-17-8-19(14-32)22-4-3-5-27(36)33(22)13-17/h3-7,9-10,17,19,21,38H,8,11-16H2,1-2H3,(H2,31,35)/t17-,19+,21-/m0/s1. The van der Waals surface area contributed by atoms with Crippen LogP contribution in [0, 0.1) is 5.92 Å². The molecule has 2 bridgehead atoms. The van der Waals surface area contributed by atoms with Crippen LogP contribution in [0.2, 0.25) is 0 Å². The maximum atomic E-state index is 13.0. The number of amides is 1. The van der Waals surface area contributed by atoms with Crippen molar-refractivity contribution >= 4 is 11.9 Å². The zero-order valence-corrected chi connectivity index (χ0v) is 23.4.